The highest BCUT2D eigenvalue weighted by atomic mass is 16.2. The summed E-state index contributed by atoms with van der Waals surface area (Å²) in [4.78, 5) is 17.2. The van der Waals surface area contributed by atoms with Crippen LogP contribution in [0.3, 0.4) is 0 Å². The third-order valence-corrected chi connectivity index (χ3v) is 5.54. The minimum atomic E-state index is 0.374. The molecule has 0 aromatic carbocycles. The van der Waals surface area contributed by atoms with Crippen LogP contribution in [0.5, 0.6) is 0 Å². The van der Waals surface area contributed by atoms with Gasteiger partial charge in [-0.15, -0.1) is 0 Å². The normalized spacial score (nSPS) is 25.4. The molecule has 0 saturated carbocycles. The largest absolute Gasteiger partial charge is 0.340 e. The molecule has 0 aliphatic carbocycles. The molecule has 134 valence electrons. The average molecular weight is 324 g/mol. The van der Waals surface area contributed by atoms with Gasteiger partial charge in [0.2, 0.25) is 5.91 Å². The van der Waals surface area contributed by atoms with Crippen molar-refractivity contribution in [3.05, 3.63) is 0 Å². The number of nitrogens with one attached hydrogen (secondary N) is 1. The maximum absolute atomic E-state index is 12.6. The zero-order valence-electron chi connectivity index (χ0n) is 15.7. The van der Waals surface area contributed by atoms with Crippen LogP contribution < -0.4 is 5.32 Å². The molecule has 4 heteroatoms. The van der Waals surface area contributed by atoms with Gasteiger partial charge in [-0.3, -0.25) is 9.69 Å². The van der Waals surface area contributed by atoms with Crippen molar-refractivity contribution >= 4 is 5.91 Å². The maximum Gasteiger partial charge on any atom is 0.222 e. The van der Waals surface area contributed by atoms with Crippen LogP contribution in [0, 0.1) is 17.3 Å². The number of hydrogen-bond acceptors (Lipinski definition) is 3. The van der Waals surface area contributed by atoms with Crippen molar-refractivity contribution in [1.29, 1.82) is 0 Å². The standard InChI is InChI=1S/C19H37N3O/c1-16(17-6-5-8-20-15-17)14-18(23)22-12-10-21(11-13-22)9-7-19(2,3)4/h16-17,20H,5-15H2,1-4H3. The van der Waals surface area contributed by atoms with Gasteiger partial charge in [-0.1, -0.05) is 27.7 Å². The molecule has 0 aromatic heterocycles. The van der Waals surface area contributed by atoms with Gasteiger partial charge in [-0.2, -0.15) is 0 Å². The second-order valence-corrected chi connectivity index (χ2v) is 8.82. The lowest BCUT2D eigenvalue weighted by Gasteiger charge is -2.37. The van der Waals surface area contributed by atoms with E-state index in [1.54, 1.807) is 0 Å². The van der Waals surface area contributed by atoms with Crippen LogP contribution >= 0.6 is 0 Å². The molecule has 2 fully saturated rings. The summed E-state index contributed by atoms with van der Waals surface area (Å²) in [5, 5.41) is 3.47. The maximum atomic E-state index is 12.6. The van der Waals surface area contributed by atoms with Crippen molar-refractivity contribution in [2.45, 2.75) is 53.4 Å². The van der Waals surface area contributed by atoms with Gasteiger partial charge in [-0.05, 0) is 56.1 Å². The second kappa shape index (κ2) is 8.48. The van der Waals surface area contributed by atoms with E-state index < -0.39 is 0 Å². The Bertz CT molecular complexity index is 363. The van der Waals surface area contributed by atoms with E-state index in [-0.39, 0.29) is 0 Å². The van der Waals surface area contributed by atoms with E-state index in [0.29, 0.717) is 23.2 Å². The fourth-order valence-corrected chi connectivity index (χ4v) is 3.65. The van der Waals surface area contributed by atoms with E-state index >= 15 is 0 Å². The fraction of sp³-hybridized carbons (Fsp3) is 0.947. The molecule has 2 aliphatic heterocycles. The molecule has 0 radical (unpaired) electrons. The van der Waals surface area contributed by atoms with E-state index in [0.717, 1.165) is 52.2 Å². The summed E-state index contributed by atoms with van der Waals surface area (Å²) in [6.07, 6.45) is 4.50. The summed E-state index contributed by atoms with van der Waals surface area (Å²) in [5.74, 6) is 1.56. The monoisotopic (exact) mass is 323 g/mol. The minimum absolute atomic E-state index is 0.374. The van der Waals surface area contributed by atoms with Gasteiger partial charge in [0.25, 0.3) is 0 Å². The van der Waals surface area contributed by atoms with Crippen molar-refractivity contribution in [2.24, 2.45) is 17.3 Å². The van der Waals surface area contributed by atoms with Crippen molar-refractivity contribution in [3.63, 3.8) is 0 Å². The van der Waals surface area contributed by atoms with E-state index in [2.05, 4.69) is 42.8 Å². The number of hydrogen-bond donors (Lipinski definition) is 1. The molecule has 4 nitrogen and oxygen atoms in total. The summed E-state index contributed by atoms with van der Waals surface area (Å²) >= 11 is 0. The number of carbonyl (C=O) groups is 1. The number of rotatable bonds is 5. The number of piperazine rings is 1. The van der Waals surface area contributed by atoms with E-state index in [4.69, 9.17) is 0 Å². The van der Waals surface area contributed by atoms with Gasteiger partial charge in [-0.25, -0.2) is 0 Å². The van der Waals surface area contributed by atoms with Gasteiger partial charge < -0.3 is 10.2 Å². The quantitative estimate of drug-likeness (QED) is 0.845. The zero-order valence-corrected chi connectivity index (χ0v) is 15.7. The number of nitrogens with zero attached hydrogens (tertiary/aromatic N) is 2. The first-order chi connectivity index (χ1) is 10.8. The van der Waals surface area contributed by atoms with E-state index in [1.165, 1.54) is 19.3 Å². The summed E-state index contributed by atoms with van der Waals surface area (Å²) < 4.78 is 0. The molecule has 0 aromatic rings. The van der Waals surface area contributed by atoms with Gasteiger partial charge in [0.05, 0.1) is 0 Å². The van der Waals surface area contributed by atoms with Gasteiger partial charge in [0.15, 0.2) is 0 Å². The number of amides is 1. The minimum Gasteiger partial charge on any atom is -0.340 e. The highest BCUT2D eigenvalue weighted by molar-refractivity contribution is 5.76. The third kappa shape index (κ3) is 6.42. The Morgan fingerprint density at radius 2 is 1.91 bits per heavy atom. The van der Waals surface area contributed by atoms with Crippen LogP contribution in [0.25, 0.3) is 0 Å². The van der Waals surface area contributed by atoms with Crippen LogP contribution in [0.2, 0.25) is 0 Å². The first-order valence-electron chi connectivity index (χ1n) is 9.56. The van der Waals surface area contributed by atoms with Crippen molar-refractivity contribution in [1.82, 2.24) is 15.1 Å². The molecule has 2 atom stereocenters. The molecule has 0 spiro atoms. The molecular formula is C19H37N3O. The Morgan fingerprint density at radius 3 is 2.48 bits per heavy atom. The Balaban J connectivity index is 1.68. The third-order valence-electron chi connectivity index (χ3n) is 5.54. The van der Waals surface area contributed by atoms with Crippen LogP contribution in [0.15, 0.2) is 0 Å². The molecule has 2 saturated heterocycles. The second-order valence-electron chi connectivity index (χ2n) is 8.82. The highest BCUT2D eigenvalue weighted by Gasteiger charge is 2.26. The van der Waals surface area contributed by atoms with Crippen molar-refractivity contribution in [2.75, 3.05) is 45.8 Å². The smallest absolute Gasteiger partial charge is 0.222 e. The number of carbonyl (C=O) groups excluding carboxylic acids is 1. The number of piperidine rings is 1. The summed E-state index contributed by atoms with van der Waals surface area (Å²) in [7, 11) is 0. The molecule has 2 rings (SSSR count). The average Bonchev–Trinajstić information content (AvgIpc) is 2.53. The van der Waals surface area contributed by atoms with Crippen LogP contribution in [0.1, 0.15) is 53.4 Å². The van der Waals surface area contributed by atoms with Crippen molar-refractivity contribution in [3.8, 4) is 0 Å². The molecule has 1 N–H and O–H groups in total. The molecule has 1 amide bonds. The zero-order chi connectivity index (χ0) is 16.9. The first kappa shape index (κ1) is 18.7. The Labute approximate surface area is 143 Å². The lowest BCUT2D eigenvalue weighted by molar-refractivity contribution is -0.134. The first-order valence-corrected chi connectivity index (χ1v) is 9.56. The molecule has 2 heterocycles. The molecular weight excluding hydrogens is 286 g/mol. The topological polar surface area (TPSA) is 35.6 Å². The van der Waals surface area contributed by atoms with Crippen molar-refractivity contribution < 1.29 is 4.79 Å². The SMILES string of the molecule is CC(CC(=O)N1CCN(CCC(C)(C)C)CC1)C1CCCNC1. The van der Waals surface area contributed by atoms with Gasteiger partial charge in [0, 0.05) is 32.6 Å². The van der Waals surface area contributed by atoms with Gasteiger partial charge >= 0.3 is 0 Å². The predicted molar refractivity (Wildman–Crippen MR) is 96.5 cm³/mol. The van der Waals surface area contributed by atoms with E-state index in [1.807, 2.05) is 0 Å². The molecule has 23 heavy (non-hydrogen) atoms. The summed E-state index contributed by atoms with van der Waals surface area (Å²) in [5.41, 5.74) is 0.399. The van der Waals surface area contributed by atoms with E-state index in [9.17, 15) is 4.79 Å². The van der Waals surface area contributed by atoms with Crippen LogP contribution in [-0.4, -0.2) is 61.5 Å². The summed E-state index contributed by atoms with van der Waals surface area (Å²) in [6, 6.07) is 0. The molecule has 2 unspecified atom stereocenters. The lowest BCUT2D eigenvalue weighted by atomic mass is 9.85. The Morgan fingerprint density at radius 1 is 1.22 bits per heavy atom. The molecule has 0 bridgehead atoms. The Kier molecular flexibility index (Phi) is 6.90. The fourth-order valence-electron chi connectivity index (χ4n) is 3.65. The Hall–Kier alpha value is -0.610. The molecule has 2 aliphatic rings. The predicted octanol–water partition coefficient (Wildman–Crippen LogP) is 2.59. The summed E-state index contributed by atoms with van der Waals surface area (Å²) in [6.45, 7) is 16.5. The van der Waals surface area contributed by atoms with Crippen LogP contribution in [0.4, 0.5) is 0 Å². The van der Waals surface area contributed by atoms with Gasteiger partial charge in [0.1, 0.15) is 0 Å². The lowest BCUT2D eigenvalue weighted by Crippen LogP contribution is -2.49. The van der Waals surface area contributed by atoms with Crippen LogP contribution in [-0.2, 0) is 4.79 Å². The highest BCUT2D eigenvalue weighted by Crippen LogP contribution is 2.24.